The van der Waals surface area contributed by atoms with Crippen LogP contribution in [0.15, 0.2) is 4.99 Å². The molecule has 52 valence electrons. The van der Waals surface area contributed by atoms with Crippen LogP contribution in [0, 0.1) is 0 Å². The van der Waals surface area contributed by atoms with E-state index < -0.39 is 0 Å². The molecule has 1 rings (SSSR count). The van der Waals surface area contributed by atoms with Crippen molar-refractivity contribution in [3.8, 4) is 0 Å². The zero-order valence-corrected chi connectivity index (χ0v) is 6.57. The Bertz CT molecular complexity index is 124. The van der Waals surface area contributed by atoms with E-state index in [0.717, 1.165) is 17.4 Å². The molecule has 1 heterocycles. The van der Waals surface area contributed by atoms with Gasteiger partial charge in [0, 0.05) is 12.8 Å². The molecule has 0 bridgehead atoms. The second-order valence-corrected chi connectivity index (χ2v) is 2.92. The van der Waals surface area contributed by atoms with Crippen molar-refractivity contribution in [2.45, 2.75) is 19.4 Å². The predicted molar refractivity (Wildman–Crippen MR) is 41.0 cm³/mol. The molecule has 0 radical (unpaired) electrons. The van der Waals surface area contributed by atoms with Crippen LogP contribution in [-0.2, 0) is 4.74 Å². The number of thioether (sulfide) groups is 1. The largest absolute Gasteiger partial charge is 0.469 e. The molecule has 1 aliphatic rings. The Morgan fingerprint density at radius 2 is 2.67 bits per heavy atom. The lowest BCUT2D eigenvalue weighted by atomic mass is 10.3. The first-order valence-electron chi connectivity index (χ1n) is 3.13. The van der Waals surface area contributed by atoms with E-state index in [1.807, 2.05) is 0 Å². The van der Waals surface area contributed by atoms with E-state index in [4.69, 9.17) is 4.74 Å². The summed E-state index contributed by atoms with van der Waals surface area (Å²) in [5.41, 5.74) is 0. The van der Waals surface area contributed by atoms with Gasteiger partial charge in [0.05, 0.1) is 0 Å². The highest BCUT2D eigenvalue weighted by Gasteiger charge is 2.19. The SMILES string of the molecule is CCC1CSC(=NC)O1. The van der Waals surface area contributed by atoms with Crippen molar-refractivity contribution in [1.82, 2.24) is 0 Å². The molecule has 1 saturated heterocycles. The first-order chi connectivity index (χ1) is 4.36. The molecule has 0 N–H and O–H groups in total. The van der Waals surface area contributed by atoms with Crippen LogP contribution in [0.2, 0.25) is 0 Å². The minimum absolute atomic E-state index is 0.411. The normalized spacial score (nSPS) is 30.9. The summed E-state index contributed by atoms with van der Waals surface area (Å²) in [5, 5.41) is 0.849. The molecular weight excluding hydrogens is 134 g/mol. The van der Waals surface area contributed by atoms with E-state index in [2.05, 4.69) is 11.9 Å². The summed E-state index contributed by atoms with van der Waals surface area (Å²) in [6.45, 7) is 2.13. The fraction of sp³-hybridized carbons (Fsp3) is 0.833. The van der Waals surface area contributed by atoms with E-state index >= 15 is 0 Å². The van der Waals surface area contributed by atoms with Crippen LogP contribution in [0.3, 0.4) is 0 Å². The van der Waals surface area contributed by atoms with Gasteiger partial charge in [0.15, 0.2) is 0 Å². The second-order valence-electron chi connectivity index (χ2n) is 1.95. The number of nitrogens with zero attached hydrogens (tertiary/aromatic N) is 1. The zero-order valence-electron chi connectivity index (χ0n) is 5.76. The number of hydrogen-bond donors (Lipinski definition) is 0. The van der Waals surface area contributed by atoms with Crippen molar-refractivity contribution in [1.29, 1.82) is 0 Å². The van der Waals surface area contributed by atoms with Gasteiger partial charge in [-0.2, -0.15) is 0 Å². The maximum Gasteiger partial charge on any atom is 0.245 e. The first kappa shape index (κ1) is 6.93. The summed E-state index contributed by atoms with van der Waals surface area (Å²) in [7, 11) is 1.76. The summed E-state index contributed by atoms with van der Waals surface area (Å²) >= 11 is 1.70. The Kier molecular flexibility index (Phi) is 2.39. The van der Waals surface area contributed by atoms with Gasteiger partial charge in [-0.25, -0.2) is 4.99 Å². The van der Waals surface area contributed by atoms with Crippen LogP contribution < -0.4 is 0 Å². The van der Waals surface area contributed by atoms with Crippen molar-refractivity contribution < 1.29 is 4.74 Å². The molecule has 9 heavy (non-hydrogen) atoms. The molecule has 3 heteroatoms. The van der Waals surface area contributed by atoms with Gasteiger partial charge in [0.1, 0.15) is 6.10 Å². The molecule has 1 fully saturated rings. The van der Waals surface area contributed by atoms with E-state index in [1.54, 1.807) is 18.8 Å². The summed E-state index contributed by atoms with van der Waals surface area (Å²) in [5.74, 6) is 1.07. The number of aliphatic imine (C=N–C) groups is 1. The average Bonchev–Trinajstić information content (AvgIpc) is 2.34. The van der Waals surface area contributed by atoms with Crippen LogP contribution in [0.5, 0.6) is 0 Å². The van der Waals surface area contributed by atoms with Crippen LogP contribution in [0.1, 0.15) is 13.3 Å². The lowest BCUT2D eigenvalue weighted by Crippen LogP contribution is -2.06. The monoisotopic (exact) mass is 145 g/mol. The Labute approximate surface area is 59.7 Å². The molecule has 2 nitrogen and oxygen atoms in total. The van der Waals surface area contributed by atoms with Crippen molar-refractivity contribution in [3.63, 3.8) is 0 Å². The van der Waals surface area contributed by atoms with Gasteiger partial charge in [0.25, 0.3) is 0 Å². The Morgan fingerprint density at radius 3 is 3.00 bits per heavy atom. The third-order valence-corrected chi connectivity index (χ3v) is 2.36. The number of rotatable bonds is 1. The van der Waals surface area contributed by atoms with Gasteiger partial charge in [-0.3, -0.25) is 0 Å². The highest BCUT2D eigenvalue weighted by Crippen LogP contribution is 2.21. The van der Waals surface area contributed by atoms with Gasteiger partial charge in [0.2, 0.25) is 5.23 Å². The van der Waals surface area contributed by atoms with Gasteiger partial charge < -0.3 is 4.74 Å². The fourth-order valence-electron chi connectivity index (χ4n) is 0.693. The minimum atomic E-state index is 0.411. The summed E-state index contributed by atoms with van der Waals surface area (Å²) in [6, 6.07) is 0. The molecule has 0 aromatic carbocycles. The summed E-state index contributed by atoms with van der Waals surface area (Å²) < 4.78 is 5.37. The third kappa shape index (κ3) is 1.61. The smallest absolute Gasteiger partial charge is 0.245 e. The molecule has 1 aliphatic heterocycles. The Hall–Kier alpha value is -0.180. The van der Waals surface area contributed by atoms with Gasteiger partial charge >= 0.3 is 0 Å². The average molecular weight is 145 g/mol. The van der Waals surface area contributed by atoms with E-state index in [-0.39, 0.29) is 0 Å². The molecule has 1 atom stereocenters. The number of ether oxygens (including phenoxy) is 1. The molecule has 0 aromatic heterocycles. The van der Waals surface area contributed by atoms with Gasteiger partial charge in [-0.1, -0.05) is 18.7 Å². The van der Waals surface area contributed by atoms with E-state index in [0.29, 0.717) is 6.10 Å². The summed E-state index contributed by atoms with van der Waals surface area (Å²) in [6.07, 6.45) is 1.50. The van der Waals surface area contributed by atoms with Crippen LogP contribution in [0.4, 0.5) is 0 Å². The Morgan fingerprint density at radius 1 is 1.89 bits per heavy atom. The highest BCUT2D eigenvalue weighted by molar-refractivity contribution is 8.13. The quantitative estimate of drug-likeness (QED) is 0.558. The molecular formula is C6H11NOS. The first-order valence-corrected chi connectivity index (χ1v) is 4.11. The highest BCUT2D eigenvalue weighted by atomic mass is 32.2. The molecule has 0 aliphatic carbocycles. The lowest BCUT2D eigenvalue weighted by Gasteiger charge is -2.02. The zero-order chi connectivity index (χ0) is 6.69. The van der Waals surface area contributed by atoms with Crippen molar-refractivity contribution in [2.75, 3.05) is 12.8 Å². The second kappa shape index (κ2) is 3.11. The maximum atomic E-state index is 5.37. The van der Waals surface area contributed by atoms with Crippen LogP contribution >= 0.6 is 11.8 Å². The molecule has 0 amide bonds. The van der Waals surface area contributed by atoms with Gasteiger partial charge in [-0.05, 0) is 6.42 Å². The van der Waals surface area contributed by atoms with Crippen molar-refractivity contribution in [3.05, 3.63) is 0 Å². The van der Waals surface area contributed by atoms with Crippen molar-refractivity contribution in [2.24, 2.45) is 4.99 Å². The van der Waals surface area contributed by atoms with E-state index in [1.165, 1.54) is 0 Å². The Balaban J connectivity index is 2.38. The lowest BCUT2D eigenvalue weighted by molar-refractivity contribution is 0.226. The van der Waals surface area contributed by atoms with Crippen LogP contribution in [-0.4, -0.2) is 24.1 Å². The standard InChI is InChI=1S/C6H11NOS/c1-3-5-4-9-6(7-2)8-5/h5H,3-4H2,1-2H3. The molecule has 0 spiro atoms. The summed E-state index contributed by atoms with van der Waals surface area (Å²) in [4.78, 5) is 3.94. The molecule has 1 unspecified atom stereocenters. The predicted octanol–water partition coefficient (Wildman–Crippen LogP) is 1.51. The minimum Gasteiger partial charge on any atom is -0.469 e. The third-order valence-electron chi connectivity index (χ3n) is 1.30. The van der Waals surface area contributed by atoms with Gasteiger partial charge in [-0.15, -0.1) is 0 Å². The fourth-order valence-corrected chi connectivity index (χ4v) is 1.66. The van der Waals surface area contributed by atoms with Crippen molar-refractivity contribution >= 4 is 17.0 Å². The van der Waals surface area contributed by atoms with E-state index in [9.17, 15) is 0 Å². The maximum absolute atomic E-state index is 5.37. The van der Waals surface area contributed by atoms with Crippen LogP contribution in [0.25, 0.3) is 0 Å². The topological polar surface area (TPSA) is 21.6 Å². The molecule has 0 saturated carbocycles. The molecule has 0 aromatic rings. The number of hydrogen-bond acceptors (Lipinski definition) is 3.